The van der Waals surface area contributed by atoms with Crippen LogP contribution in [-0.2, 0) is 24.0 Å². The van der Waals surface area contributed by atoms with E-state index in [0.29, 0.717) is 0 Å². The Bertz CT molecular complexity index is 498. The van der Waals surface area contributed by atoms with Gasteiger partial charge < -0.3 is 32.1 Å². The predicted molar refractivity (Wildman–Crippen MR) is 90.7 cm³/mol. The molecule has 0 saturated carbocycles. The number of nitrogens with two attached hydrogens (primary N) is 1. The van der Waals surface area contributed by atoms with Crippen molar-refractivity contribution < 1.29 is 29.1 Å². The summed E-state index contributed by atoms with van der Waals surface area (Å²) in [6.07, 6.45) is -1.24. The number of halogens is 1. The SMILES string of the molecule is C[C@@H](O)[C@H](NC(=O)CNC(=O)CN)C(=O)NCC(=O)NCC(=O)I. The van der Waals surface area contributed by atoms with Crippen molar-refractivity contribution in [1.82, 2.24) is 21.3 Å². The molecule has 0 aromatic rings. The summed E-state index contributed by atoms with van der Waals surface area (Å²) in [5, 5.41) is 18.5. The maximum absolute atomic E-state index is 11.9. The lowest BCUT2D eigenvalue weighted by Gasteiger charge is -2.20. The molecule has 0 aliphatic rings. The predicted octanol–water partition coefficient (Wildman–Crippen LogP) is -3.88. The van der Waals surface area contributed by atoms with Crippen molar-refractivity contribution in [3.05, 3.63) is 0 Å². The molecular weight excluding hydrogens is 437 g/mol. The molecule has 11 nitrogen and oxygen atoms in total. The van der Waals surface area contributed by atoms with E-state index in [-0.39, 0.29) is 16.9 Å². The minimum atomic E-state index is -1.31. The minimum Gasteiger partial charge on any atom is -0.391 e. The fourth-order valence-corrected chi connectivity index (χ4v) is 1.58. The largest absolute Gasteiger partial charge is 0.391 e. The van der Waals surface area contributed by atoms with Gasteiger partial charge in [0.05, 0.1) is 32.3 Å². The molecule has 0 saturated heterocycles. The van der Waals surface area contributed by atoms with Gasteiger partial charge in [-0.05, 0) is 6.92 Å². The molecule has 0 fully saturated rings. The van der Waals surface area contributed by atoms with E-state index >= 15 is 0 Å². The van der Waals surface area contributed by atoms with Gasteiger partial charge in [-0.3, -0.25) is 24.0 Å². The van der Waals surface area contributed by atoms with Crippen LogP contribution in [0.25, 0.3) is 0 Å². The zero-order valence-electron chi connectivity index (χ0n) is 12.9. The van der Waals surface area contributed by atoms with Crippen LogP contribution in [0.1, 0.15) is 6.92 Å². The van der Waals surface area contributed by atoms with Crippen molar-refractivity contribution in [3.8, 4) is 0 Å². The lowest BCUT2D eigenvalue weighted by molar-refractivity contribution is -0.133. The summed E-state index contributed by atoms with van der Waals surface area (Å²) < 4.78 is -0.277. The first-order valence-corrected chi connectivity index (χ1v) is 7.92. The summed E-state index contributed by atoms with van der Waals surface area (Å²) in [5.74, 6) is -2.65. The van der Waals surface area contributed by atoms with Crippen molar-refractivity contribution in [2.24, 2.45) is 5.73 Å². The van der Waals surface area contributed by atoms with Crippen LogP contribution in [0.3, 0.4) is 0 Å². The van der Waals surface area contributed by atoms with E-state index < -0.39 is 48.9 Å². The molecule has 0 radical (unpaired) electrons. The second-order valence-electron chi connectivity index (χ2n) is 4.62. The van der Waals surface area contributed by atoms with Crippen LogP contribution in [0.4, 0.5) is 0 Å². The average molecular weight is 457 g/mol. The molecule has 0 aliphatic heterocycles. The summed E-state index contributed by atoms with van der Waals surface area (Å²) in [4.78, 5) is 56.6. The fraction of sp³-hybridized carbons (Fsp3) is 0.583. The number of hydrogen-bond acceptors (Lipinski definition) is 7. The molecule has 0 unspecified atom stereocenters. The smallest absolute Gasteiger partial charge is 0.245 e. The summed E-state index contributed by atoms with van der Waals surface area (Å²) in [6, 6.07) is -1.31. The third-order valence-corrected chi connectivity index (χ3v) is 2.94. The first-order chi connectivity index (χ1) is 11.2. The summed E-state index contributed by atoms with van der Waals surface area (Å²) in [5.41, 5.74) is 5.06. The highest BCUT2D eigenvalue weighted by Gasteiger charge is 2.25. The van der Waals surface area contributed by atoms with Crippen LogP contribution < -0.4 is 27.0 Å². The maximum Gasteiger partial charge on any atom is 0.245 e. The molecule has 7 N–H and O–H groups in total. The molecule has 0 heterocycles. The van der Waals surface area contributed by atoms with E-state index in [0.717, 1.165) is 0 Å². The molecular formula is C12H20IN5O6. The molecule has 4 amide bonds. The highest BCUT2D eigenvalue weighted by atomic mass is 127. The van der Waals surface area contributed by atoms with E-state index in [1.54, 1.807) is 0 Å². The van der Waals surface area contributed by atoms with Crippen LogP contribution in [-0.4, -0.2) is 70.9 Å². The number of nitrogens with one attached hydrogen (secondary N) is 4. The third kappa shape index (κ3) is 10.1. The lowest BCUT2D eigenvalue weighted by atomic mass is 10.1. The number of aliphatic hydroxyl groups is 1. The summed E-state index contributed by atoms with van der Waals surface area (Å²) in [7, 11) is 0. The normalized spacial score (nSPS) is 12.5. The lowest BCUT2D eigenvalue weighted by Crippen LogP contribution is -2.55. The van der Waals surface area contributed by atoms with Gasteiger partial charge in [-0.15, -0.1) is 0 Å². The topological polar surface area (TPSA) is 180 Å². The van der Waals surface area contributed by atoms with Gasteiger partial charge >= 0.3 is 0 Å². The first kappa shape index (κ1) is 22.2. The number of carbonyl (C=O) groups is 5. The van der Waals surface area contributed by atoms with E-state index in [2.05, 4.69) is 21.3 Å². The number of rotatable bonds is 10. The van der Waals surface area contributed by atoms with E-state index in [1.165, 1.54) is 29.5 Å². The zero-order valence-corrected chi connectivity index (χ0v) is 15.1. The van der Waals surface area contributed by atoms with Gasteiger partial charge in [0.1, 0.15) is 6.04 Å². The Kier molecular flexibility index (Phi) is 10.8. The highest BCUT2D eigenvalue weighted by molar-refractivity contribution is 14.1. The standard InChI is InChI=1S/C12H20IN5O6/c1-6(19)11(18-10(23)5-16-8(21)2-14)12(24)17-4-9(22)15-3-7(13)20/h6,11,19H,2-5,14H2,1H3,(H,15,22)(H,16,21)(H,17,24)(H,18,23)/t6-,11+/m1/s1. The quantitative estimate of drug-likeness (QED) is 0.143. The van der Waals surface area contributed by atoms with Crippen LogP contribution in [0.2, 0.25) is 0 Å². The van der Waals surface area contributed by atoms with E-state index in [4.69, 9.17) is 5.73 Å². The van der Waals surface area contributed by atoms with Gasteiger partial charge in [-0.1, -0.05) is 0 Å². The Morgan fingerprint density at radius 3 is 2.00 bits per heavy atom. The number of carbonyl (C=O) groups excluding carboxylic acids is 5. The number of amides is 4. The van der Waals surface area contributed by atoms with Gasteiger partial charge in [0.25, 0.3) is 0 Å². The first-order valence-electron chi connectivity index (χ1n) is 6.84. The molecule has 12 heteroatoms. The molecule has 0 bridgehead atoms. The van der Waals surface area contributed by atoms with E-state index in [9.17, 15) is 29.1 Å². The Hall–Kier alpha value is -1.80. The van der Waals surface area contributed by atoms with Crippen molar-refractivity contribution in [3.63, 3.8) is 0 Å². The van der Waals surface area contributed by atoms with Gasteiger partial charge in [0, 0.05) is 22.6 Å². The van der Waals surface area contributed by atoms with Crippen molar-refractivity contribution >= 4 is 50.0 Å². The maximum atomic E-state index is 11.9. The minimum absolute atomic E-state index is 0.174. The Balaban J connectivity index is 4.41. The van der Waals surface area contributed by atoms with Crippen LogP contribution in [0.5, 0.6) is 0 Å². The second kappa shape index (κ2) is 11.7. The van der Waals surface area contributed by atoms with Crippen molar-refractivity contribution in [1.29, 1.82) is 0 Å². The summed E-state index contributed by atoms with van der Waals surface area (Å²) in [6.45, 7) is -0.0243. The van der Waals surface area contributed by atoms with E-state index in [1.807, 2.05) is 0 Å². The Morgan fingerprint density at radius 1 is 0.958 bits per heavy atom. The molecule has 0 aliphatic carbocycles. The van der Waals surface area contributed by atoms with Gasteiger partial charge in [-0.2, -0.15) is 0 Å². The average Bonchev–Trinajstić information content (AvgIpc) is 2.52. The van der Waals surface area contributed by atoms with Crippen LogP contribution in [0, 0.1) is 0 Å². The van der Waals surface area contributed by atoms with Gasteiger partial charge in [-0.25, -0.2) is 0 Å². The van der Waals surface area contributed by atoms with Crippen LogP contribution >= 0.6 is 22.6 Å². The number of aliphatic hydroxyl groups excluding tert-OH is 1. The van der Waals surface area contributed by atoms with Gasteiger partial charge in [0.2, 0.25) is 27.4 Å². The van der Waals surface area contributed by atoms with Gasteiger partial charge in [0.15, 0.2) is 0 Å². The molecule has 24 heavy (non-hydrogen) atoms. The Morgan fingerprint density at radius 2 is 1.50 bits per heavy atom. The number of hydrogen-bond donors (Lipinski definition) is 6. The molecule has 0 aromatic carbocycles. The third-order valence-electron chi connectivity index (χ3n) is 2.56. The second-order valence-corrected chi connectivity index (χ2v) is 5.82. The monoisotopic (exact) mass is 457 g/mol. The molecule has 0 aromatic heterocycles. The van der Waals surface area contributed by atoms with Crippen molar-refractivity contribution in [2.45, 2.75) is 19.1 Å². The molecule has 0 rings (SSSR count). The molecule has 2 atom stereocenters. The Labute approximate surface area is 151 Å². The fourth-order valence-electron chi connectivity index (χ4n) is 1.39. The molecule has 136 valence electrons. The zero-order chi connectivity index (χ0) is 18.7. The highest BCUT2D eigenvalue weighted by Crippen LogP contribution is 1.93. The van der Waals surface area contributed by atoms with Crippen molar-refractivity contribution in [2.75, 3.05) is 26.2 Å². The summed E-state index contributed by atoms with van der Waals surface area (Å²) >= 11 is 1.51. The van der Waals surface area contributed by atoms with Crippen LogP contribution in [0.15, 0.2) is 0 Å². The molecule has 0 spiro atoms.